The molecule has 48 heavy (non-hydrogen) atoms. The minimum absolute atomic E-state index is 0.0418. The average Bonchev–Trinajstić information content (AvgIpc) is 3.62. The first-order valence-electron chi connectivity index (χ1n) is 18.4. The smallest absolute Gasteiger partial charge is 0.117 e. The van der Waals surface area contributed by atoms with Crippen LogP contribution in [-0.4, -0.2) is 11.4 Å². The molecule has 1 aromatic rings. The summed E-state index contributed by atoms with van der Waals surface area (Å²) < 4.78 is 0. The Morgan fingerprint density at radius 1 is 0.979 bits per heavy atom. The van der Waals surface area contributed by atoms with Gasteiger partial charge in [0.1, 0.15) is 6.10 Å². The van der Waals surface area contributed by atoms with E-state index in [0.29, 0.717) is 11.8 Å². The first-order valence-corrected chi connectivity index (χ1v) is 18.4. The molecule has 0 amide bonds. The highest BCUT2D eigenvalue weighted by molar-refractivity contribution is 6.05. The largest absolute Gasteiger partial charge is 0.251 e. The molecule has 0 radical (unpaired) electrons. The fraction of sp³-hybridized carbons (Fsp3) is 0.435. The molecular formula is C46H46O2. The zero-order valence-electron chi connectivity index (χ0n) is 29.6. The summed E-state index contributed by atoms with van der Waals surface area (Å²) in [7, 11) is 0. The molecule has 242 valence electrons. The van der Waals surface area contributed by atoms with Crippen LogP contribution in [0, 0.1) is 53.3 Å². The summed E-state index contributed by atoms with van der Waals surface area (Å²) in [4.78, 5) is 5.66. The van der Waals surface area contributed by atoms with Gasteiger partial charge >= 0.3 is 0 Å². The zero-order chi connectivity index (χ0) is 33.4. The van der Waals surface area contributed by atoms with Crippen molar-refractivity contribution in [3.63, 3.8) is 0 Å². The lowest BCUT2D eigenvalue weighted by Gasteiger charge is -2.72. The Balaban J connectivity index is 1.43. The Bertz CT molecular complexity index is 2230. The lowest BCUT2D eigenvalue weighted by Crippen LogP contribution is -2.69. The van der Waals surface area contributed by atoms with E-state index in [2.05, 4.69) is 67.2 Å². The van der Waals surface area contributed by atoms with Gasteiger partial charge in [0.2, 0.25) is 0 Å². The van der Waals surface area contributed by atoms with Crippen molar-refractivity contribution in [1.82, 2.24) is 0 Å². The van der Waals surface area contributed by atoms with Crippen molar-refractivity contribution in [2.24, 2.45) is 46.3 Å². The van der Waals surface area contributed by atoms with Crippen LogP contribution in [-0.2, 0) is 11.3 Å². The number of fused-ring (bicyclic) bond motifs is 2. The molecule has 3 saturated carbocycles. The Kier molecular flexibility index (Phi) is 4.80. The number of hydrogen-bond acceptors (Lipinski definition) is 2. The summed E-state index contributed by atoms with van der Waals surface area (Å²) >= 11 is 0. The van der Waals surface area contributed by atoms with Gasteiger partial charge in [-0.15, -0.1) is 0 Å². The Labute approximate surface area is 285 Å². The van der Waals surface area contributed by atoms with E-state index in [-0.39, 0.29) is 40.4 Å². The van der Waals surface area contributed by atoms with Crippen molar-refractivity contribution < 1.29 is 10.1 Å². The molecule has 2 heteroatoms. The van der Waals surface area contributed by atoms with Crippen LogP contribution in [0.5, 0.6) is 0 Å². The molecule has 1 N–H and O–H groups in total. The summed E-state index contributed by atoms with van der Waals surface area (Å²) in [5.74, 6) is 1.68. The maximum absolute atomic E-state index is 10.9. The quantitative estimate of drug-likeness (QED) is 0.205. The molecule has 1 aromatic carbocycles. The second-order valence-electron chi connectivity index (χ2n) is 17.8. The lowest BCUT2D eigenvalue weighted by atomic mass is 9.30. The molecule has 10 aliphatic carbocycles. The van der Waals surface area contributed by atoms with Gasteiger partial charge in [0.15, 0.2) is 0 Å². The van der Waals surface area contributed by atoms with E-state index < -0.39 is 6.10 Å². The molecule has 11 rings (SSSR count). The van der Waals surface area contributed by atoms with E-state index in [9.17, 15) is 5.26 Å². The predicted molar refractivity (Wildman–Crippen MR) is 195 cm³/mol. The molecular weight excluding hydrogens is 585 g/mol. The summed E-state index contributed by atoms with van der Waals surface area (Å²) in [6.07, 6.45) is 7.67. The van der Waals surface area contributed by atoms with E-state index in [1.807, 2.05) is 0 Å². The number of benzene rings is 1. The highest BCUT2D eigenvalue weighted by Gasteiger charge is 2.81. The van der Waals surface area contributed by atoms with E-state index in [0.717, 1.165) is 24.8 Å². The van der Waals surface area contributed by atoms with E-state index in [4.69, 9.17) is 24.6 Å². The van der Waals surface area contributed by atoms with Gasteiger partial charge in [0.25, 0.3) is 0 Å². The summed E-state index contributed by atoms with van der Waals surface area (Å²) in [5.41, 5.74) is 28.5. The van der Waals surface area contributed by atoms with Crippen LogP contribution in [0.3, 0.4) is 0 Å². The second kappa shape index (κ2) is 8.11. The van der Waals surface area contributed by atoms with Crippen LogP contribution in [0.2, 0.25) is 0 Å². The standard InChI is InChI=1S/C46H46O2/c1-17(2)42(48-47)44-45(10,11)43-37-29-16-25-12-13-26(29)19(4)32-24(9)33-21(6)28-15-14-27-20(5)31-22(7)30(18(25)3)23(8)34(31)40-35(27)36(28)41(46(40,43)44)39(33)38(32)37/h12-13,21,25,33-34,40,42-44,47H,1,7-9,14-16H2,2-6,10-11H3/b30-18-/t21?,25?,33?,34?,40?,42-,43?,44+,46?/m0/s1. The Morgan fingerprint density at radius 2 is 1.73 bits per heavy atom. The molecule has 7 unspecified atom stereocenters. The third-order valence-corrected chi connectivity index (χ3v) is 16.0. The van der Waals surface area contributed by atoms with Crippen LogP contribution in [0.4, 0.5) is 0 Å². The fourth-order valence-corrected chi connectivity index (χ4v) is 14.9. The SMILES string of the molecule is C=C1C2=C(C)C3=C4C5=C(CC3)C(C)C3C(=C)c6c(C)c7c8c9c6C3=C5C3(C4C2C(=C)/C1=C(/C)C(C=C7)C8)C9C(C)(C)[C@H]3[C@@H](OO)C(=C)C. The zero-order valence-corrected chi connectivity index (χ0v) is 29.6. The molecule has 10 aliphatic rings. The van der Waals surface area contributed by atoms with Gasteiger partial charge in [-0.1, -0.05) is 70.4 Å². The predicted octanol–water partition coefficient (Wildman–Crippen LogP) is 10.8. The van der Waals surface area contributed by atoms with Crippen LogP contribution in [0.25, 0.3) is 17.2 Å². The average molecular weight is 631 g/mol. The molecule has 2 nitrogen and oxygen atoms in total. The molecule has 0 heterocycles. The van der Waals surface area contributed by atoms with Gasteiger partial charge in [-0.05, 0) is 159 Å². The summed E-state index contributed by atoms with van der Waals surface area (Å²) in [6, 6.07) is 0. The van der Waals surface area contributed by atoms with Crippen molar-refractivity contribution >= 4 is 17.2 Å². The fourth-order valence-electron chi connectivity index (χ4n) is 14.9. The van der Waals surface area contributed by atoms with E-state index in [1.165, 1.54) is 55.7 Å². The Hall–Kier alpha value is -3.46. The van der Waals surface area contributed by atoms with Gasteiger partial charge < -0.3 is 0 Å². The van der Waals surface area contributed by atoms with Crippen molar-refractivity contribution in [3.8, 4) is 0 Å². The normalized spacial score (nSPS) is 39.8. The first kappa shape index (κ1) is 28.4. The molecule has 9 atom stereocenters. The second-order valence-corrected chi connectivity index (χ2v) is 17.8. The highest BCUT2D eigenvalue weighted by Crippen LogP contribution is 2.88. The summed E-state index contributed by atoms with van der Waals surface area (Å²) in [6.45, 7) is 36.1. The number of allylic oxidation sites excluding steroid dienone is 14. The Morgan fingerprint density at radius 3 is 2.44 bits per heavy atom. The minimum Gasteiger partial charge on any atom is -0.251 e. The van der Waals surface area contributed by atoms with Crippen molar-refractivity contribution in [2.45, 2.75) is 79.8 Å². The lowest BCUT2D eigenvalue weighted by molar-refractivity contribution is -0.320. The van der Waals surface area contributed by atoms with Gasteiger partial charge in [-0.25, -0.2) is 4.89 Å². The van der Waals surface area contributed by atoms with Gasteiger partial charge in [-0.3, -0.25) is 5.26 Å². The molecule has 0 aromatic heterocycles. The van der Waals surface area contributed by atoms with Crippen LogP contribution < -0.4 is 0 Å². The molecule has 1 spiro atoms. The van der Waals surface area contributed by atoms with Crippen LogP contribution >= 0.6 is 0 Å². The first-order chi connectivity index (χ1) is 22.8. The molecule has 0 saturated heterocycles. The third-order valence-electron chi connectivity index (χ3n) is 16.0. The highest BCUT2D eigenvalue weighted by atomic mass is 17.1. The topological polar surface area (TPSA) is 29.5 Å². The van der Waals surface area contributed by atoms with Crippen LogP contribution in [0.1, 0.15) is 93.7 Å². The third kappa shape index (κ3) is 2.47. The van der Waals surface area contributed by atoms with Gasteiger partial charge in [0, 0.05) is 40.9 Å². The number of hydrogen-bond donors (Lipinski definition) is 1. The van der Waals surface area contributed by atoms with Crippen molar-refractivity contribution in [1.29, 1.82) is 0 Å². The van der Waals surface area contributed by atoms with Crippen LogP contribution in [0.15, 0.2) is 99.3 Å². The van der Waals surface area contributed by atoms with Gasteiger partial charge in [0.05, 0.1) is 0 Å². The van der Waals surface area contributed by atoms with Crippen molar-refractivity contribution in [2.75, 3.05) is 0 Å². The maximum atomic E-state index is 10.9. The molecule has 6 bridgehead atoms. The maximum Gasteiger partial charge on any atom is 0.117 e. The summed E-state index contributed by atoms with van der Waals surface area (Å²) in [5, 5.41) is 10.9. The molecule has 3 fully saturated rings. The number of rotatable bonds is 3. The molecule has 0 aliphatic heterocycles. The van der Waals surface area contributed by atoms with E-state index in [1.54, 1.807) is 50.1 Å². The van der Waals surface area contributed by atoms with Gasteiger partial charge in [-0.2, -0.15) is 0 Å². The monoisotopic (exact) mass is 630 g/mol. The van der Waals surface area contributed by atoms with E-state index >= 15 is 0 Å². The minimum atomic E-state index is -0.467. The van der Waals surface area contributed by atoms with Crippen molar-refractivity contribution in [3.05, 3.63) is 133 Å².